The molecule has 0 bridgehead atoms. The van der Waals surface area contributed by atoms with Crippen LogP contribution in [0.1, 0.15) is 30.5 Å². The molecule has 0 atom stereocenters. The van der Waals surface area contributed by atoms with E-state index in [0.717, 1.165) is 16.7 Å². The lowest BCUT2D eigenvalue weighted by Crippen LogP contribution is -2.23. The number of benzene rings is 1. The molecule has 0 aliphatic carbocycles. The van der Waals surface area contributed by atoms with Gasteiger partial charge in [-0.1, -0.05) is 19.9 Å². The van der Waals surface area contributed by atoms with Crippen LogP contribution in [-0.2, 0) is 5.41 Å². The Morgan fingerprint density at radius 2 is 1.81 bits per heavy atom. The number of aryl methyl sites for hydroxylation is 2. The third-order valence-electron chi connectivity index (χ3n) is 2.91. The average molecular weight is 224 g/mol. The summed E-state index contributed by atoms with van der Waals surface area (Å²) in [5, 5.41) is 19.6. The molecule has 3 heteroatoms. The van der Waals surface area contributed by atoms with Crippen LogP contribution in [-0.4, -0.2) is 23.9 Å². The van der Waals surface area contributed by atoms with E-state index >= 15 is 0 Å². The zero-order valence-corrected chi connectivity index (χ0v) is 10.6. The van der Waals surface area contributed by atoms with Gasteiger partial charge in [0.05, 0.1) is 13.7 Å². The van der Waals surface area contributed by atoms with Gasteiger partial charge < -0.3 is 14.9 Å². The molecule has 0 saturated carbocycles. The molecule has 0 fully saturated rings. The maximum absolute atomic E-state index is 10.2. The number of methoxy groups -OCH3 is 1. The highest BCUT2D eigenvalue weighted by atomic mass is 16.5. The first-order valence-electron chi connectivity index (χ1n) is 5.33. The zero-order chi connectivity index (χ0) is 12.5. The first-order chi connectivity index (χ1) is 7.35. The number of hydrogen-bond acceptors (Lipinski definition) is 3. The van der Waals surface area contributed by atoms with Crippen LogP contribution < -0.4 is 4.74 Å². The lowest BCUT2D eigenvalue weighted by atomic mass is 9.81. The minimum absolute atomic E-state index is 0.0202. The van der Waals surface area contributed by atoms with Gasteiger partial charge in [-0.3, -0.25) is 0 Å². The van der Waals surface area contributed by atoms with Crippen LogP contribution >= 0.6 is 0 Å². The van der Waals surface area contributed by atoms with Gasteiger partial charge in [0.1, 0.15) is 0 Å². The molecule has 3 nitrogen and oxygen atoms in total. The Morgan fingerprint density at radius 1 is 1.25 bits per heavy atom. The number of rotatable bonds is 3. The molecule has 0 aromatic heterocycles. The van der Waals surface area contributed by atoms with Crippen molar-refractivity contribution in [2.24, 2.45) is 0 Å². The molecule has 0 saturated heterocycles. The van der Waals surface area contributed by atoms with Gasteiger partial charge in [0.25, 0.3) is 0 Å². The summed E-state index contributed by atoms with van der Waals surface area (Å²) in [5.74, 6) is 0.626. The summed E-state index contributed by atoms with van der Waals surface area (Å²) < 4.78 is 5.18. The second-order valence-electron chi connectivity index (χ2n) is 4.81. The predicted molar refractivity (Wildman–Crippen MR) is 64.2 cm³/mol. The first kappa shape index (κ1) is 12.8. The smallest absolute Gasteiger partial charge is 0.163 e. The predicted octanol–water partition coefficient (Wildman–Crippen LogP) is 2.29. The van der Waals surface area contributed by atoms with E-state index in [1.54, 1.807) is 0 Å². The Morgan fingerprint density at radius 3 is 2.25 bits per heavy atom. The van der Waals surface area contributed by atoms with Gasteiger partial charge in [0.15, 0.2) is 11.5 Å². The zero-order valence-electron chi connectivity index (χ0n) is 10.6. The lowest BCUT2D eigenvalue weighted by Gasteiger charge is -2.27. The summed E-state index contributed by atoms with van der Waals surface area (Å²) in [6.45, 7) is 7.58. The maximum Gasteiger partial charge on any atom is 0.163 e. The lowest BCUT2D eigenvalue weighted by molar-refractivity contribution is 0.213. The van der Waals surface area contributed by atoms with Gasteiger partial charge in [-0.15, -0.1) is 0 Å². The van der Waals surface area contributed by atoms with Crippen molar-refractivity contribution >= 4 is 0 Å². The second kappa shape index (κ2) is 4.34. The molecule has 0 radical (unpaired) electrons. The van der Waals surface area contributed by atoms with Crippen molar-refractivity contribution in [1.82, 2.24) is 0 Å². The molecular weight excluding hydrogens is 204 g/mol. The van der Waals surface area contributed by atoms with E-state index in [2.05, 4.69) is 0 Å². The molecule has 0 amide bonds. The van der Waals surface area contributed by atoms with E-state index in [1.807, 2.05) is 33.8 Å². The Labute approximate surface area is 96.7 Å². The highest BCUT2D eigenvalue weighted by molar-refractivity contribution is 5.56. The van der Waals surface area contributed by atoms with Gasteiger partial charge in [-0.25, -0.2) is 0 Å². The molecular formula is C13H20O3. The molecule has 2 N–H and O–H groups in total. The Balaban J connectivity index is 3.51. The fourth-order valence-electron chi connectivity index (χ4n) is 2.14. The third-order valence-corrected chi connectivity index (χ3v) is 2.91. The normalized spacial score (nSPS) is 11.6. The van der Waals surface area contributed by atoms with E-state index in [1.165, 1.54) is 7.11 Å². The molecule has 0 heterocycles. The molecule has 90 valence electrons. The van der Waals surface area contributed by atoms with Crippen LogP contribution in [0, 0.1) is 13.8 Å². The number of ether oxygens (including phenoxy) is 1. The number of aromatic hydroxyl groups is 1. The van der Waals surface area contributed by atoms with Crippen molar-refractivity contribution in [1.29, 1.82) is 0 Å². The summed E-state index contributed by atoms with van der Waals surface area (Å²) in [6, 6.07) is 1.96. The Bertz CT molecular complexity index is 395. The SMILES string of the molecule is COc1c(C)cc(C)c(C(C)(C)CO)c1O. The number of phenolic OH excluding ortho intramolecular Hbond substituents is 1. The number of hydrogen-bond donors (Lipinski definition) is 2. The average Bonchev–Trinajstić information content (AvgIpc) is 2.17. The van der Waals surface area contributed by atoms with E-state index in [-0.39, 0.29) is 12.4 Å². The van der Waals surface area contributed by atoms with Crippen LogP contribution in [0.25, 0.3) is 0 Å². The number of aliphatic hydroxyl groups is 1. The van der Waals surface area contributed by atoms with E-state index in [0.29, 0.717) is 5.75 Å². The summed E-state index contributed by atoms with van der Waals surface area (Å²) in [7, 11) is 1.53. The van der Waals surface area contributed by atoms with Crippen LogP contribution in [0.4, 0.5) is 0 Å². The highest BCUT2D eigenvalue weighted by Gasteiger charge is 2.27. The molecule has 1 rings (SSSR count). The minimum atomic E-state index is -0.477. The topological polar surface area (TPSA) is 49.7 Å². The van der Waals surface area contributed by atoms with Crippen LogP contribution in [0.3, 0.4) is 0 Å². The highest BCUT2D eigenvalue weighted by Crippen LogP contribution is 2.41. The van der Waals surface area contributed by atoms with Gasteiger partial charge in [0, 0.05) is 11.0 Å². The van der Waals surface area contributed by atoms with Crippen molar-refractivity contribution < 1.29 is 14.9 Å². The largest absolute Gasteiger partial charge is 0.504 e. The quantitative estimate of drug-likeness (QED) is 0.828. The van der Waals surface area contributed by atoms with Crippen LogP contribution in [0.2, 0.25) is 0 Å². The molecule has 1 aromatic carbocycles. The van der Waals surface area contributed by atoms with Crippen LogP contribution in [0.15, 0.2) is 6.07 Å². The number of phenols is 1. The summed E-state index contributed by atoms with van der Waals surface area (Å²) in [6.07, 6.45) is 0. The first-order valence-corrected chi connectivity index (χ1v) is 5.33. The fraction of sp³-hybridized carbons (Fsp3) is 0.538. The molecule has 1 aromatic rings. The van der Waals surface area contributed by atoms with Crippen molar-refractivity contribution in [3.63, 3.8) is 0 Å². The van der Waals surface area contributed by atoms with Gasteiger partial charge in [-0.2, -0.15) is 0 Å². The van der Waals surface area contributed by atoms with E-state index < -0.39 is 5.41 Å². The monoisotopic (exact) mass is 224 g/mol. The van der Waals surface area contributed by atoms with Crippen molar-refractivity contribution in [3.05, 3.63) is 22.8 Å². The van der Waals surface area contributed by atoms with E-state index in [9.17, 15) is 10.2 Å². The molecule has 0 unspecified atom stereocenters. The van der Waals surface area contributed by atoms with Crippen molar-refractivity contribution in [2.75, 3.05) is 13.7 Å². The van der Waals surface area contributed by atoms with Gasteiger partial charge in [0.2, 0.25) is 0 Å². The minimum Gasteiger partial charge on any atom is -0.504 e. The number of aliphatic hydroxyl groups excluding tert-OH is 1. The van der Waals surface area contributed by atoms with E-state index in [4.69, 9.17) is 4.74 Å². The molecule has 16 heavy (non-hydrogen) atoms. The molecule has 0 aliphatic rings. The third kappa shape index (κ3) is 2.00. The maximum atomic E-state index is 10.2. The Hall–Kier alpha value is -1.22. The van der Waals surface area contributed by atoms with Gasteiger partial charge >= 0.3 is 0 Å². The van der Waals surface area contributed by atoms with Crippen molar-refractivity contribution in [2.45, 2.75) is 33.1 Å². The fourth-order valence-corrected chi connectivity index (χ4v) is 2.14. The summed E-state index contributed by atoms with van der Waals surface area (Å²) in [5.41, 5.74) is 2.14. The summed E-state index contributed by atoms with van der Waals surface area (Å²) in [4.78, 5) is 0. The summed E-state index contributed by atoms with van der Waals surface area (Å²) >= 11 is 0. The Kier molecular flexibility index (Phi) is 3.48. The van der Waals surface area contributed by atoms with Crippen molar-refractivity contribution in [3.8, 4) is 11.5 Å². The molecule has 0 aliphatic heterocycles. The second-order valence-corrected chi connectivity index (χ2v) is 4.81. The van der Waals surface area contributed by atoms with Crippen LogP contribution in [0.5, 0.6) is 11.5 Å². The van der Waals surface area contributed by atoms with Gasteiger partial charge in [-0.05, 0) is 25.0 Å². The standard InChI is InChI=1S/C13H20O3/c1-8-6-9(2)12(16-5)11(15)10(8)13(3,4)7-14/h6,14-15H,7H2,1-5H3. The molecule has 0 spiro atoms.